The molecule has 1 heterocycles. The molecular formula is C24H34N2O. The SMILES string of the molecule is CNC1CCN(C(CC2(O)CCCCC2)c2ccc3ccccc3c2)CC1. The van der Waals surface area contributed by atoms with Crippen molar-refractivity contribution < 1.29 is 5.11 Å². The van der Waals surface area contributed by atoms with Crippen molar-refractivity contribution in [2.75, 3.05) is 20.1 Å². The third-order valence-corrected chi connectivity index (χ3v) is 6.89. The van der Waals surface area contributed by atoms with E-state index < -0.39 is 5.60 Å². The molecule has 27 heavy (non-hydrogen) atoms. The van der Waals surface area contributed by atoms with Crippen LogP contribution < -0.4 is 5.32 Å². The highest BCUT2D eigenvalue weighted by Crippen LogP contribution is 2.39. The number of hydrogen-bond donors (Lipinski definition) is 2. The molecule has 2 fully saturated rings. The number of piperidine rings is 1. The molecule has 4 rings (SSSR count). The molecule has 146 valence electrons. The maximum atomic E-state index is 11.3. The molecule has 2 N–H and O–H groups in total. The number of fused-ring (bicyclic) bond motifs is 1. The Kier molecular flexibility index (Phi) is 5.82. The maximum absolute atomic E-state index is 11.3. The molecule has 2 aliphatic rings. The van der Waals surface area contributed by atoms with Crippen LogP contribution in [0.3, 0.4) is 0 Å². The zero-order valence-electron chi connectivity index (χ0n) is 16.7. The van der Waals surface area contributed by atoms with Crippen LogP contribution in [-0.2, 0) is 0 Å². The van der Waals surface area contributed by atoms with E-state index in [-0.39, 0.29) is 0 Å². The fourth-order valence-corrected chi connectivity index (χ4v) is 5.15. The number of aliphatic hydroxyl groups is 1. The van der Waals surface area contributed by atoms with E-state index in [9.17, 15) is 5.11 Å². The molecule has 0 radical (unpaired) electrons. The van der Waals surface area contributed by atoms with E-state index in [4.69, 9.17) is 0 Å². The zero-order chi connectivity index (χ0) is 18.7. The predicted molar refractivity (Wildman–Crippen MR) is 113 cm³/mol. The van der Waals surface area contributed by atoms with Gasteiger partial charge >= 0.3 is 0 Å². The Morgan fingerprint density at radius 2 is 1.74 bits per heavy atom. The standard InChI is InChI=1S/C24H34N2O/c1-25-22-11-15-26(16-12-22)23(18-24(27)13-5-2-6-14-24)21-10-9-19-7-3-4-8-20(19)17-21/h3-4,7-10,17,22-23,25,27H,2,5-6,11-16,18H2,1H3. The molecule has 1 saturated heterocycles. The molecule has 1 aliphatic heterocycles. The van der Waals surface area contributed by atoms with Gasteiger partial charge in [-0.2, -0.15) is 0 Å². The Labute approximate surface area is 163 Å². The van der Waals surface area contributed by atoms with E-state index in [2.05, 4.69) is 59.7 Å². The van der Waals surface area contributed by atoms with Gasteiger partial charge in [-0.3, -0.25) is 4.90 Å². The second kappa shape index (κ2) is 8.30. The van der Waals surface area contributed by atoms with Gasteiger partial charge in [0.25, 0.3) is 0 Å². The van der Waals surface area contributed by atoms with Gasteiger partial charge < -0.3 is 10.4 Å². The van der Waals surface area contributed by atoms with E-state index in [1.807, 2.05) is 0 Å². The van der Waals surface area contributed by atoms with Gasteiger partial charge in [0.1, 0.15) is 0 Å². The summed E-state index contributed by atoms with van der Waals surface area (Å²) in [5.74, 6) is 0. The first kappa shape index (κ1) is 18.9. The quantitative estimate of drug-likeness (QED) is 0.808. The lowest BCUT2D eigenvalue weighted by atomic mass is 9.78. The first-order valence-corrected chi connectivity index (χ1v) is 10.8. The van der Waals surface area contributed by atoms with E-state index in [0.29, 0.717) is 12.1 Å². The summed E-state index contributed by atoms with van der Waals surface area (Å²) in [6.45, 7) is 2.22. The molecular weight excluding hydrogens is 332 g/mol. The second-order valence-electron chi connectivity index (χ2n) is 8.71. The zero-order valence-corrected chi connectivity index (χ0v) is 16.7. The lowest BCUT2D eigenvalue weighted by Crippen LogP contribution is -2.45. The lowest BCUT2D eigenvalue weighted by Gasteiger charge is -2.42. The first-order valence-electron chi connectivity index (χ1n) is 10.8. The van der Waals surface area contributed by atoms with Crippen LogP contribution >= 0.6 is 0 Å². The Morgan fingerprint density at radius 3 is 2.44 bits per heavy atom. The van der Waals surface area contributed by atoms with Crippen LogP contribution in [0.1, 0.15) is 63.0 Å². The topological polar surface area (TPSA) is 35.5 Å². The fraction of sp³-hybridized carbons (Fsp3) is 0.583. The van der Waals surface area contributed by atoms with Gasteiger partial charge in [-0.05, 0) is 61.6 Å². The number of nitrogens with zero attached hydrogens (tertiary/aromatic N) is 1. The van der Waals surface area contributed by atoms with Gasteiger partial charge in [0.15, 0.2) is 0 Å². The number of hydrogen-bond acceptors (Lipinski definition) is 3. The summed E-state index contributed by atoms with van der Waals surface area (Å²) in [5, 5.41) is 17.3. The molecule has 1 aliphatic carbocycles. The largest absolute Gasteiger partial charge is 0.390 e. The van der Waals surface area contributed by atoms with Crippen molar-refractivity contribution >= 4 is 10.8 Å². The molecule has 1 atom stereocenters. The van der Waals surface area contributed by atoms with Crippen molar-refractivity contribution in [1.29, 1.82) is 0 Å². The Morgan fingerprint density at radius 1 is 1.04 bits per heavy atom. The highest BCUT2D eigenvalue weighted by atomic mass is 16.3. The first-order chi connectivity index (χ1) is 13.2. The number of rotatable bonds is 5. The van der Waals surface area contributed by atoms with Gasteiger partial charge in [0, 0.05) is 25.2 Å². The lowest BCUT2D eigenvalue weighted by molar-refractivity contribution is -0.0313. The highest BCUT2D eigenvalue weighted by molar-refractivity contribution is 5.83. The van der Waals surface area contributed by atoms with Gasteiger partial charge in [0.05, 0.1) is 5.60 Å². The number of nitrogens with one attached hydrogen (secondary N) is 1. The van der Waals surface area contributed by atoms with Gasteiger partial charge in [-0.15, -0.1) is 0 Å². The Balaban J connectivity index is 1.61. The summed E-state index contributed by atoms with van der Waals surface area (Å²) in [4.78, 5) is 2.63. The minimum absolute atomic E-state index is 0.315. The van der Waals surface area contributed by atoms with Gasteiger partial charge in [-0.25, -0.2) is 0 Å². The summed E-state index contributed by atoms with van der Waals surface area (Å²) >= 11 is 0. The van der Waals surface area contributed by atoms with E-state index in [1.165, 1.54) is 48.4 Å². The highest BCUT2D eigenvalue weighted by Gasteiger charge is 2.36. The normalized spacial score (nSPS) is 22.7. The van der Waals surface area contributed by atoms with Crippen LogP contribution in [0.25, 0.3) is 10.8 Å². The van der Waals surface area contributed by atoms with Crippen molar-refractivity contribution in [3.05, 3.63) is 48.0 Å². The third-order valence-electron chi connectivity index (χ3n) is 6.89. The van der Waals surface area contributed by atoms with Crippen molar-refractivity contribution in [1.82, 2.24) is 10.2 Å². The van der Waals surface area contributed by atoms with Crippen LogP contribution in [0.4, 0.5) is 0 Å². The molecule has 3 heteroatoms. The summed E-state index contributed by atoms with van der Waals surface area (Å²) in [6, 6.07) is 16.5. The van der Waals surface area contributed by atoms with Gasteiger partial charge in [-0.1, -0.05) is 55.7 Å². The third kappa shape index (κ3) is 4.37. The summed E-state index contributed by atoms with van der Waals surface area (Å²) in [5.41, 5.74) is 0.879. The molecule has 2 aromatic carbocycles. The Bertz CT molecular complexity index is 745. The maximum Gasteiger partial charge on any atom is 0.0666 e. The molecule has 1 unspecified atom stereocenters. The van der Waals surface area contributed by atoms with Crippen molar-refractivity contribution in [3.8, 4) is 0 Å². The van der Waals surface area contributed by atoms with E-state index >= 15 is 0 Å². The molecule has 0 aromatic heterocycles. The van der Waals surface area contributed by atoms with Crippen LogP contribution in [0, 0.1) is 0 Å². The van der Waals surface area contributed by atoms with Crippen molar-refractivity contribution in [2.24, 2.45) is 0 Å². The monoisotopic (exact) mass is 366 g/mol. The van der Waals surface area contributed by atoms with Crippen LogP contribution in [0.5, 0.6) is 0 Å². The van der Waals surface area contributed by atoms with Gasteiger partial charge in [0.2, 0.25) is 0 Å². The molecule has 1 saturated carbocycles. The Hall–Kier alpha value is -1.42. The average Bonchev–Trinajstić information content (AvgIpc) is 2.72. The fourth-order valence-electron chi connectivity index (χ4n) is 5.15. The van der Waals surface area contributed by atoms with E-state index in [1.54, 1.807) is 0 Å². The molecule has 0 bridgehead atoms. The van der Waals surface area contributed by atoms with Crippen molar-refractivity contribution in [2.45, 2.75) is 69.1 Å². The van der Waals surface area contributed by atoms with Crippen LogP contribution in [-0.4, -0.2) is 41.8 Å². The minimum atomic E-state index is -0.492. The molecule has 3 nitrogen and oxygen atoms in total. The number of benzene rings is 2. The average molecular weight is 367 g/mol. The van der Waals surface area contributed by atoms with E-state index in [0.717, 1.165) is 32.4 Å². The minimum Gasteiger partial charge on any atom is -0.390 e. The van der Waals surface area contributed by atoms with Crippen LogP contribution in [0.15, 0.2) is 42.5 Å². The smallest absolute Gasteiger partial charge is 0.0666 e. The summed E-state index contributed by atoms with van der Waals surface area (Å²) in [6.07, 6.45) is 8.80. The summed E-state index contributed by atoms with van der Waals surface area (Å²) < 4.78 is 0. The van der Waals surface area contributed by atoms with Crippen LogP contribution in [0.2, 0.25) is 0 Å². The van der Waals surface area contributed by atoms with Crippen molar-refractivity contribution in [3.63, 3.8) is 0 Å². The predicted octanol–water partition coefficient (Wildman–Crippen LogP) is 4.65. The second-order valence-corrected chi connectivity index (χ2v) is 8.71. The summed E-state index contributed by atoms with van der Waals surface area (Å²) in [7, 11) is 2.08. The molecule has 0 spiro atoms. The number of likely N-dealkylation sites (tertiary alicyclic amines) is 1. The molecule has 2 aromatic rings. The molecule has 0 amide bonds.